The van der Waals surface area contributed by atoms with E-state index in [4.69, 9.17) is 0 Å². The Balaban J connectivity index is 2.58. The molecule has 0 amide bonds. The highest BCUT2D eigenvalue weighted by atomic mass is 16.1. The Hall–Kier alpha value is -1.89. The molecule has 0 aliphatic carbocycles. The van der Waals surface area contributed by atoms with Crippen LogP contribution in [0.25, 0.3) is 0 Å². The summed E-state index contributed by atoms with van der Waals surface area (Å²) in [6.07, 6.45) is 0. The number of carbonyl (C=O) groups is 1. The van der Waals surface area contributed by atoms with Gasteiger partial charge < -0.3 is 0 Å². The molecule has 0 unspecified atom stereocenters. The number of aryl methyl sites for hydroxylation is 2. The van der Waals surface area contributed by atoms with Crippen molar-refractivity contribution in [3.05, 3.63) is 68.8 Å². The maximum absolute atomic E-state index is 12.8. The molecule has 0 saturated heterocycles. The van der Waals surface area contributed by atoms with Crippen molar-refractivity contribution in [1.29, 1.82) is 0 Å². The molecule has 0 fully saturated rings. The van der Waals surface area contributed by atoms with E-state index in [1.165, 1.54) is 22.3 Å². The van der Waals surface area contributed by atoms with Gasteiger partial charge in [-0.05, 0) is 74.9 Å². The molecule has 0 saturated carbocycles. The molecular formula is C19H22O. The van der Waals surface area contributed by atoms with Crippen LogP contribution in [-0.4, -0.2) is 5.78 Å². The van der Waals surface area contributed by atoms with Crippen LogP contribution in [0, 0.1) is 41.5 Å². The van der Waals surface area contributed by atoms with E-state index in [1.54, 1.807) is 0 Å². The van der Waals surface area contributed by atoms with E-state index in [2.05, 4.69) is 27.7 Å². The second-order valence-corrected chi connectivity index (χ2v) is 5.69. The van der Waals surface area contributed by atoms with Gasteiger partial charge in [0.2, 0.25) is 0 Å². The summed E-state index contributed by atoms with van der Waals surface area (Å²) in [5.74, 6) is 0.131. The molecule has 2 rings (SSSR count). The summed E-state index contributed by atoms with van der Waals surface area (Å²) in [6, 6.07) is 7.97. The fourth-order valence-electron chi connectivity index (χ4n) is 2.55. The number of rotatable bonds is 2. The normalized spacial score (nSPS) is 10.7. The molecular weight excluding hydrogens is 244 g/mol. The predicted octanol–water partition coefficient (Wildman–Crippen LogP) is 4.77. The Morgan fingerprint density at radius 1 is 0.600 bits per heavy atom. The monoisotopic (exact) mass is 266 g/mol. The first-order valence-corrected chi connectivity index (χ1v) is 7.03. The third-order valence-corrected chi connectivity index (χ3v) is 4.61. The SMILES string of the molecule is Cc1ccc(C(=O)c2ccc(C)c(C)c2C)c(C)c1C. The lowest BCUT2D eigenvalue weighted by molar-refractivity contribution is 0.103. The van der Waals surface area contributed by atoms with Crippen LogP contribution in [0.1, 0.15) is 49.3 Å². The van der Waals surface area contributed by atoms with Crippen molar-refractivity contribution < 1.29 is 4.79 Å². The minimum Gasteiger partial charge on any atom is -0.289 e. The minimum atomic E-state index is 0.131. The topological polar surface area (TPSA) is 17.1 Å². The summed E-state index contributed by atoms with van der Waals surface area (Å²) >= 11 is 0. The average Bonchev–Trinajstić information content (AvgIpc) is 2.42. The Labute approximate surface area is 121 Å². The van der Waals surface area contributed by atoms with Crippen LogP contribution < -0.4 is 0 Å². The molecule has 0 aromatic heterocycles. The molecule has 104 valence electrons. The maximum atomic E-state index is 12.8. The van der Waals surface area contributed by atoms with Crippen LogP contribution in [0.15, 0.2) is 24.3 Å². The first kappa shape index (κ1) is 14.5. The second kappa shape index (κ2) is 5.24. The smallest absolute Gasteiger partial charge is 0.193 e. The fraction of sp³-hybridized carbons (Fsp3) is 0.316. The summed E-state index contributed by atoms with van der Waals surface area (Å²) in [5.41, 5.74) is 8.69. The number of ketones is 1. The zero-order chi connectivity index (χ0) is 15.0. The van der Waals surface area contributed by atoms with Gasteiger partial charge >= 0.3 is 0 Å². The fourth-order valence-corrected chi connectivity index (χ4v) is 2.55. The van der Waals surface area contributed by atoms with Crippen molar-refractivity contribution in [2.24, 2.45) is 0 Å². The number of carbonyl (C=O) groups excluding carboxylic acids is 1. The van der Waals surface area contributed by atoms with Crippen molar-refractivity contribution in [3.63, 3.8) is 0 Å². The third kappa shape index (κ3) is 2.29. The van der Waals surface area contributed by atoms with E-state index in [0.29, 0.717) is 0 Å². The minimum absolute atomic E-state index is 0.131. The molecule has 0 N–H and O–H groups in total. The highest BCUT2D eigenvalue weighted by molar-refractivity contribution is 6.11. The molecule has 2 aromatic carbocycles. The first-order chi connectivity index (χ1) is 9.34. The molecule has 20 heavy (non-hydrogen) atoms. The zero-order valence-corrected chi connectivity index (χ0v) is 13.2. The van der Waals surface area contributed by atoms with Gasteiger partial charge in [-0.3, -0.25) is 4.79 Å². The zero-order valence-electron chi connectivity index (χ0n) is 13.2. The number of hydrogen-bond acceptors (Lipinski definition) is 1. The first-order valence-electron chi connectivity index (χ1n) is 7.03. The van der Waals surface area contributed by atoms with Crippen molar-refractivity contribution in [3.8, 4) is 0 Å². The molecule has 0 aliphatic rings. The molecule has 1 nitrogen and oxygen atoms in total. The Kier molecular flexibility index (Phi) is 3.80. The molecule has 0 radical (unpaired) electrons. The van der Waals surface area contributed by atoms with Gasteiger partial charge in [-0.1, -0.05) is 24.3 Å². The summed E-state index contributed by atoms with van der Waals surface area (Å²) in [7, 11) is 0. The van der Waals surface area contributed by atoms with E-state index in [9.17, 15) is 4.79 Å². The molecule has 0 aliphatic heterocycles. The van der Waals surface area contributed by atoms with Crippen LogP contribution in [0.5, 0.6) is 0 Å². The van der Waals surface area contributed by atoms with Crippen LogP contribution in [0.3, 0.4) is 0 Å². The Morgan fingerprint density at radius 2 is 0.950 bits per heavy atom. The van der Waals surface area contributed by atoms with Crippen LogP contribution in [0.2, 0.25) is 0 Å². The van der Waals surface area contributed by atoms with E-state index >= 15 is 0 Å². The highest BCUT2D eigenvalue weighted by Gasteiger charge is 2.17. The third-order valence-electron chi connectivity index (χ3n) is 4.61. The predicted molar refractivity (Wildman–Crippen MR) is 84.7 cm³/mol. The van der Waals surface area contributed by atoms with Gasteiger partial charge in [-0.2, -0.15) is 0 Å². The van der Waals surface area contributed by atoms with Crippen LogP contribution in [0.4, 0.5) is 0 Å². The van der Waals surface area contributed by atoms with Gasteiger partial charge in [0, 0.05) is 11.1 Å². The standard InChI is InChI=1S/C19H22O/c1-11-7-9-17(15(5)13(11)3)19(20)18-10-8-12(2)14(4)16(18)6/h7-10H,1-6H3. The summed E-state index contributed by atoms with van der Waals surface area (Å²) in [6.45, 7) is 12.4. The van der Waals surface area contributed by atoms with Crippen molar-refractivity contribution in [2.45, 2.75) is 41.5 Å². The number of benzene rings is 2. The van der Waals surface area contributed by atoms with E-state index in [1.807, 2.05) is 38.1 Å². The van der Waals surface area contributed by atoms with E-state index in [0.717, 1.165) is 22.3 Å². The molecule has 2 aromatic rings. The Morgan fingerprint density at radius 3 is 1.30 bits per heavy atom. The van der Waals surface area contributed by atoms with Crippen molar-refractivity contribution in [1.82, 2.24) is 0 Å². The maximum Gasteiger partial charge on any atom is 0.193 e. The highest BCUT2D eigenvalue weighted by Crippen LogP contribution is 2.24. The largest absolute Gasteiger partial charge is 0.289 e. The number of hydrogen-bond donors (Lipinski definition) is 0. The van der Waals surface area contributed by atoms with Gasteiger partial charge in [0.25, 0.3) is 0 Å². The molecule has 0 spiro atoms. The van der Waals surface area contributed by atoms with Gasteiger partial charge in [0.1, 0.15) is 0 Å². The van der Waals surface area contributed by atoms with Gasteiger partial charge in [-0.25, -0.2) is 0 Å². The van der Waals surface area contributed by atoms with Crippen molar-refractivity contribution in [2.75, 3.05) is 0 Å². The quantitative estimate of drug-likeness (QED) is 0.716. The van der Waals surface area contributed by atoms with E-state index < -0.39 is 0 Å². The summed E-state index contributed by atoms with van der Waals surface area (Å²) in [5, 5.41) is 0. The van der Waals surface area contributed by atoms with Crippen LogP contribution in [-0.2, 0) is 0 Å². The van der Waals surface area contributed by atoms with Gasteiger partial charge in [0.05, 0.1) is 0 Å². The lowest BCUT2D eigenvalue weighted by Gasteiger charge is -2.14. The average molecular weight is 266 g/mol. The van der Waals surface area contributed by atoms with Crippen LogP contribution >= 0.6 is 0 Å². The molecule has 0 atom stereocenters. The summed E-state index contributed by atoms with van der Waals surface area (Å²) in [4.78, 5) is 12.8. The molecule has 0 bridgehead atoms. The Bertz CT molecular complexity index is 634. The van der Waals surface area contributed by atoms with Crippen molar-refractivity contribution >= 4 is 5.78 Å². The van der Waals surface area contributed by atoms with Gasteiger partial charge in [-0.15, -0.1) is 0 Å². The van der Waals surface area contributed by atoms with Gasteiger partial charge in [0.15, 0.2) is 5.78 Å². The molecule has 0 heterocycles. The lowest BCUT2D eigenvalue weighted by atomic mass is 9.90. The second-order valence-electron chi connectivity index (χ2n) is 5.69. The summed E-state index contributed by atoms with van der Waals surface area (Å²) < 4.78 is 0. The van der Waals surface area contributed by atoms with E-state index in [-0.39, 0.29) is 5.78 Å². The lowest BCUT2D eigenvalue weighted by Crippen LogP contribution is -2.08. The molecule has 1 heteroatoms.